The molecule has 0 radical (unpaired) electrons. The van der Waals surface area contributed by atoms with Crippen molar-refractivity contribution in [1.82, 2.24) is 15.5 Å². The minimum absolute atomic E-state index is 0.0545. The number of nitrogens with one attached hydrogen (secondary N) is 2. The topological polar surface area (TPSA) is 66.0 Å². The van der Waals surface area contributed by atoms with E-state index in [1.54, 1.807) is 38.2 Å². The predicted octanol–water partition coefficient (Wildman–Crippen LogP) is 1.63. The minimum Gasteiger partial charge on any atom is -0.489 e. The zero-order valence-electron chi connectivity index (χ0n) is 14.8. The number of carbonyl (C=O) groups excluding carboxylic acids is 1. The fourth-order valence-electron chi connectivity index (χ4n) is 1.94. The van der Waals surface area contributed by atoms with Crippen LogP contribution in [0.25, 0.3) is 0 Å². The van der Waals surface area contributed by atoms with E-state index in [0.29, 0.717) is 31.2 Å². The first kappa shape index (κ1) is 19.7. The van der Waals surface area contributed by atoms with Crippen LogP contribution in [0.1, 0.15) is 19.8 Å². The van der Waals surface area contributed by atoms with Crippen molar-refractivity contribution in [2.75, 3.05) is 34.2 Å². The van der Waals surface area contributed by atoms with Gasteiger partial charge in [0.25, 0.3) is 0 Å². The van der Waals surface area contributed by atoms with Crippen LogP contribution < -0.4 is 15.4 Å². The Bertz CT molecular complexity index is 549. The van der Waals surface area contributed by atoms with Gasteiger partial charge in [-0.1, -0.05) is 13.0 Å². The monoisotopic (exact) mass is 338 g/mol. The van der Waals surface area contributed by atoms with Crippen LogP contribution in [-0.2, 0) is 4.79 Å². The van der Waals surface area contributed by atoms with Gasteiger partial charge in [0.1, 0.15) is 17.7 Å². The second-order valence-electron chi connectivity index (χ2n) is 5.52. The van der Waals surface area contributed by atoms with Gasteiger partial charge in [0, 0.05) is 40.2 Å². The number of amides is 1. The summed E-state index contributed by atoms with van der Waals surface area (Å²) < 4.78 is 19.0. The first-order valence-electron chi connectivity index (χ1n) is 8.03. The summed E-state index contributed by atoms with van der Waals surface area (Å²) in [5.74, 6) is 0.836. The van der Waals surface area contributed by atoms with Crippen molar-refractivity contribution in [2.45, 2.75) is 25.9 Å². The molecule has 0 saturated carbocycles. The molecule has 6 nitrogen and oxygen atoms in total. The lowest BCUT2D eigenvalue weighted by molar-refractivity contribution is -0.128. The molecule has 0 spiro atoms. The Labute approximate surface area is 143 Å². The van der Waals surface area contributed by atoms with Gasteiger partial charge >= 0.3 is 0 Å². The maximum atomic E-state index is 13.2. The van der Waals surface area contributed by atoms with Gasteiger partial charge in [0.05, 0.1) is 6.54 Å². The zero-order valence-corrected chi connectivity index (χ0v) is 14.8. The zero-order chi connectivity index (χ0) is 17.9. The Balaban J connectivity index is 2.41. The summed E-state index contributed by atoms with van der Waals surface area (Å²) in [4.78, 5) is 17.2. The molecule has 1 aromatic rings. The average molecular weight is 338 g/mol. The highest BCUT2D eigenvalue weighted by Gasteiger charge is 2.10. The molecule has 0 aromatic heterocycles. The Kier molecular flexibility index (Phi) is 8.60. The molecule has 0 saturated heterocycles. The van der Waals surface area contributed by atoms with Crippen molar-refractivity contribution in [1.29, 1.82) is 0 Å². The summed E-state index contributed by atoms with van der Waals surface area (Å²) in [5, 5.41) is 6.24. The number of aliphatic imine (C=N–C) groups is 1. The van der Waals surface area contributed by atoms with Gasteiger partial charge in [0.15, 0.2) is 5.96 Å². The molecule has 0 heterocycles. The Hall–Kier alpha value is -2.31. The van der Waals surface area contributed by atoms with Crippen LogP contribution in [-0.4, -0.2) is 57.1 Å². The standard InChI is InChI=1S/C17H27FN4O2/c1-5-14(24-15-8-6-7-13(18)11-15)12-21-17(19-2)20-10-9-16(23)22(3)4/h6-8,11,14H,5,9-10,12H2,1-4H3,(H2,19,20,21). The summed E-state index contributed by atoms with van der Waals surface area (Å²) in [6.45, 7) is 3.02. The summed E-state index contributed by atoms with van der Waals surface area (Å²) in [5.41, 5.74) is 0. The van der Waals surface area contributed by atoms with Crippen LogP contribution in [0.4, 0.5) is 4.39 Å². The molecule has 1 unspecified atom stereocenters. The van der Waals surface area contributed by atoms with Crippen LogP contribution >= 0.6 is 0 Å². The van der Waals surface area contributed by atoms with Gasteiger partial charge in [0.2, 0.25) is 5.91 Å². The van der Waals surface area contributed by atoms with E-state index < -0.39 is 0 Å². The number of rotatable bonds is 8. The summed E-state index contributed by atoms with van der Waals surface area (Å²) in [6.07, 6.45) is 1.04. The van der Waals surface area contributed by atoms with Crippen molar-refractivity contribution in [2.24, 2.45) is 4.99 Å². The first-order chi connectivity index (χ1) is 11.5. The molecular formula is C17H27FN4O2. The fourth-order valence-corrected chi connectivity index (χ4v) is 1.94. The molecule has 0 aliphatic carbocycles. The second kappa shape index (κ2) is 10.5. The molecule has 134 valence electrons. The van der Waals surface area contributed by atoms with E-state index in [0.717, 1.165) is 6.42 Å². The lowest BCUT2D eigenvalue weighted by atomic mass is 10.2. The van der Waals surface area contributed by atoms with Crippen LogP contribution in [0, 0.1) is 5.82 Å². The van der Waals surface area contributed by atoms with E-state index in [2.05, 4.69) is 15.6 Å². The molecule has 0 aliphatic rings. The van der Waals surface area contributed by atoms with Crippen LogP contribution in [0.2, 0.25) is 0 Å². The Morgan fingerprint density at radius 1 is 1.38 bits per heavy atom. The largest absolute Gasteiger partial charge is 0.489 e. The lowest BCUT2D eigenvalue weighted by Gasteiger charge is -2.20. The van der Waals surface area contributed by atoms with Crippen LogP contribution in [0.5, 0.6) is 5.75 Å². The van der Waals surface area contributed by atoms with E-state index in [4.69, 9.17) is 4.74 Å². The van der Waals surface area contributed by atoms with Crippen LogP contribution in [0.15, 0.2) is 29.3 Å². The SMILES string of the molecule is CCC(CNC(=NC)NCCC(=O)N(C)C)Oc1cccc(F)c1. The van der Waals surface area contributed by atoms with Crippen molar-refractivity contribution < 1.29 is 13.9 Å². The highest BCUT2D eigenvalue weighted by atomic mass is 19.1. The van der Waals surface area contributed by atoms with E-state index in [9.17, 15) is 9.18 Å². The molecule has 7 heteroatoms. The Morgan fingerprint density at radius 3 is 2.71 bits per heavy atom. The first-order valence-corrected chi connectivity index (χ1v) is 8.03. The molecule has 0 bridgehead atoms. The van der Waals surface area contributed by atoms with Gasteiger partial charge in [-0.25, -0.2) is 4.39 Å². The van der Waals surface area contributed by atoms with Crippen molar-refractivity contribution in [3.63, 3.8) is 0 Å². The third kappa shape index (κ3) is 7.30. The maximum Gasteiger partial charge on any atom is 0.223 e. The van der Waals surface area contributed by atoms with Gasteiger partial charge in [-0.05, 0) is 18.6 Å². The maximum absolute atomic E-state index is 13.2. The van der Waals surface area contributed by atoms with E-state index in [-0.39, 0.29) is 17.8 Å². The van der Waals surface area contributed by atoms with Gasteiger partial charge in [-0.15, -0.1) is 0 Å². The number of ether oxygens (including phenoxy) is 1. The summed E-state index contributed by atoms with van der Waals surface area (Å²) in [6, 6.07) is 6.09. The fraction of sp³-hybridized carbons (Fsp3) is 0.529. The number of halogens is 1. The number of carbonyl (C=O) groups is 1. The molecule has 1 amide bonds. The van der Waals surface area contributed by atoms with Gasteiger partial charge < -0.3 is 20.3 Å². The highest BCUT2D eigenvalue weighted by Crippen LogP contribution is 2.14. The van der Waals surface area contributed by atoms with E-state index in [1.807, 2.05) is 6.92 Å². The smallest absolute Gasteiger partial charge is 0.223 e. The highest BCUT2D eigenvalue weighted by molar-refractivity contribution is 5.81. The molecule has 1 aromatic carbocycles. The molecular weight excluding hydrogens is 311 g/mol. The quantitative estimate of drug-likeness (QED) is 0.558. The number of guanidine groups is 1. The summed E-state index contributed by atoms with van der Waals surface area (Å²) in [7, 11) is 5.12. The number of nitrogens with zero attached hydrogens (tertiary/aromatic N) is 2. The lowest BCUT2D eigenvalue weighted by Crippen LogP contribution is -2.43. The molecule has 1 rings (SSSR count). The summed E-state index contributed by atoms with van der Waals surface area (Å²) >= 11 is 0. The number of hydrogen-bond donors (Lipinski definition) is 2. The predicted molar refractivity (Wildman–Crippen MR) is 93.8 cm³/mol. The van der Waals surface area contributed by atoms with Gasteiger partial charge in [-0.2, -0.15) is 0 Å². The molecule has 24 heavy (non-hydrogen) atoms. The number of hydrogen-bond acceptors (Lipinski definition) is 3. The van der Waals surface area contributed by atoms with Crippen molar-refractivity contribution in [3.05, 3.63) is 30.1 Å². The normalized spacial score (nSPS) is 12.5. The third-order valence-electron chi connectivity index (χ3n) is 3.41. The third-order valence-corrected chi connectivity index (χ3v) is 3.41. The average Bonchev–Trinajstić information content (AvgIpc) is 2.56. The van der Waals surface area contributed by atoms with Crippen LogP contribution in [0.3, 0.4) is 0 Å². The van der Waals surface area contributed by atoms with Crippen molar-refractivity contribution in [3.8, 4) is 5.75 Å². The van der Waals surface area contributed by atoms with E-state index >= 15 is 0 Å². The molecule has 0 aliphatic heterocycles. The molecule has 0 fully saturated rings. The Morgan fingerprint density at radius 2 is 2.12 bits per heavy atom. The second-order valence-corrected chi connectivity index (χ2v) is 5.52. The van der Waals surface area contributed by atoms with Crippen molar-refractivity contribution >= 4 is 11.9 Å². The van der Waals surface area contributed by atoms with E-state index in [1.165, 1.54) is 12.1 Å². The number of benzene rings is 1. The minimum atomic E-state index is -0.321. The molecule has 1 atom stereocenters. The van der Waals surface area contributed by atoms with Gasteiger partial charge in [-0.3, -0.25) is 9.79 Å². The molecule has 2 N–H and O–H groups in total.